The van der Waals surface area contributed by atoms with Gasteiger partial charge in [0.05, 0.1) is 5.41 Å². The summed E-state index contributed by atoms with van der Waals surface area (Å²) in [6.07, 6.45) is 3.22. The first kappa shape index (κ1) is 17.1. The molecule has 3 heterocycles. The van der Waals surface area contributed by atoms with Gasteiger partial charge in [-0.25, -0.2) is 4.79 Å². The molecule has 2 aromatic rings. The number of hydrogen-bond donors (Lipinski definition) is 0. The molecule has 4 rings (SSSR count). The fraction of sp³-hybridized carbons (Fsp3) is 0.667. The van der Waals surface area contributed by atoms with Crippen LogP contribution in [0.2, 0.25) is 0 Å². The van der Waals surface area contributed by atoms with Crippen LogP contribution in [0.1, 0.15) is 50.7 Å². The van der Waals surface area contributed by atoms with Gasteiger partial charge in [-0.2, -0.15) is 4.98 Å². The normalized spacial score (nSPS) is 25.3. The number of fused-ring (bicyclic) bond motifs is 1. The second kappa shape index (κ2) is 5.82. The van der Waals surface area contributed by atoms with Crippen LogP contribution in [0, 0.1) is 5.92 Å². The van der Waals surface area contributed by atoms with Crippen LogP contribution in [0.25, 0.3) is 0 Å². The average molecular weight is 359 g/mol. The van der Waals surface area contributed by atoms with Gasteiger partial charge in [0.1, 0.15) is 5.82 Å². The SMILES string of the molecule is CC(C)c1noc([C@]23CCC[C@H]2CN(c2cc(=O)n(C)c(=O)n2C)C3)n1. The molecule has 8 heteroatoms. The Balaban J connectivity index is 1.74. The van der Waals surface area contributed by atoms with Crippen molar-refractivity contribution in [2.24, 2.45) is 20.0 Å². The van der Waals surface area contributed by atoms with E-state index in [1.807, 2.05) is 0 Å². The molecule has 1 aliphatic heterocycles. The van der Waals surface area contributed by atoms with E-state index in [-0.39, 0.29) is 22.6 Å². The zero-order valence-electron chi connectivity index (χ0n) is 15.7. The van der Waals surface area contributed by atoms with Crippen LogP contribution in [-0.2, 0) is 19.5 Å². The predicted molar refractivity (Wildman–Crippen MR) is 96.5 cm³/mol. The van der Waals surface area contributed by atoms with E-state index in [4.69, 9.17) is 4.52 Å². The Morgan fingerprint density at radius 3 is 2.73 bits per heavy atom. The largest absolute Gasteiger partial charge is 0.356 e. The highest BCUT2D eigenvalue weighted by Crippen LogP contribution is 2.50. The maximum Gasteiger partial charge on any atom is 0.332 e. The van der Waals surface area contributed by atoms with E-state index in [0.29, 0.717) is 24.2 Å². The van der Waals surface area contributed by atoms with Crippen molar-refractivity contribution in [1.29, 1.82) is 0 Å². The lowest BCUT2D eigenvalue weighted by atomic mass is 9.80. The molecule has 1 saturated carbocycles. The second-order valence-corrected chi connectivity index (χ2v) is 7.98. The fourth-order valence-corrected chi connectivity index (χ4v) is 4.51. The number of rotatable bonds is 3. The maximum atomic E-state index is 12.3. The monoisotopic (exact) mass is 359 g/mol. The third-order valence-electron chi connectivity index (χ3n) is 6.08. The molecule has 140 valence electrons. The maximum absolute atomic E-state index is 12.3. The first-order valence-electron chi connectivity index (χ1n) is 9.19. The molecule has 0 N–H and O–H groups in total. The molecule has 0 aromatic carbocycles. The predicted octanol–water partition coefficient (Wildman–Crippen LogP) is 1.15. The van der Waals surface area contributed by atoms with Gasteiger partial charge in [-0.05, 0) is 18.8 Å². The highest BCUT2D eigenvalue weighted by Gasteiger charge is 2.54. The summed E-state index contributed by atoms with van der Waals surface area (Å²) in [6, 6.07) is 1.55. The van der Waals surface area contributed by atoms with E-state index in [9.17, 15) is 9.59 Å². The molecule has 0 bridgehead atoms. The Bertz CT molecular complexity index is 956. The molecule has 2 fully saturated rings. The lowest BCUT2D eigenvalue weighted by Crippen LogP contribution is -2.40. The lowest BCUT2D eigenvalue weighted by molar-refractivity contribution is 0.264. The topological polar surface area (TPSA) is 86.2 Å². The molecule has 1 aliphatic carbocycles. The van der Waals surface area contributed by atoms with Crippen LogP contribution in [-0.4, -0.2) is 32.4 Å². The zero-order valence-corrected chi connectivity index (χ0v) is 15.7. The van der Waals surface area contributed by atoms with Crippen molar-refractivity contribution in [2.45, 2.75) is 44.4 Å². The van der Waals surface area contributed by atoms with E-state index in [1.165, 1.54) is 7.05 Å². The van der Waals surface area contributed by atoms with Gasteiger partial charge >= 0.3 is 5.69 Å². The van der Waals surface area contributed by atoms with Crippen molar-refractivity contribution < 1.29 is 4.52 Å². The van der Waals surface area contributed by atoms with Gasteiger partial charge in [0.15, 0.2) is 5.82 Å². The molecule has 0 amide bonds. The number of aromatic nitrogens is 4. The summed E-state index contributed by atoms with van der Waals surface area (Å²) in [7, 11) is 3.21. The van der Waals surface area contributed by atoms with Gasteiger partial charge < -0.3 is 9.42 Å². The Hall–Kier alpha value is -2.38. The molecule has 26 heavy (non-hydrogen) atoms. The van der Waals surface area contributed by atoms with E-state index >= 15 is 0 Å². The second-order valence-electron chi connectivity index (χ2n) is 7.98. The Labute approximate surface area is 151 Å². The Kier molecular flexibility index (Phi) is 3.82. The van der Waals surface area contributed by atoms with E-state index in [1.54, 1.807) is 17.7 Å². The van der Waals surface area contributed by atoms with Crippen molar-refractivity contribution in [3.63, 3.8) is 0 Å². The molecule has 8 nitrogen and oxygen atoms in total. The highest BCUT2D eigenvalue weighted by atomic mass is 16.5. The summed E-state index contributed by atoms with van der Waals surface area (Å²) in [5.41, 5.74) is -0.773. The van der Waals surface area contributed by atoms with Crippen molar-refractivity contribution in [1.82, 2.24) is 19.3 Å². The molecule has 0 spiro atoms. The summed E-state index contributed by atoms with van der Waals surface area (Å²) in [5, 5.41) is 4.16. The quantitative estimate of drug-likeness (QED) is 0.817. The molecular weight excluding hydrogens is 334 g/mol. The standard InChI is InChI=1S/C18H25N5O3/c1-11(2)15-19-16(26-20-15)18-7-5-6-12(18)9-23(10-18)13-8-14(24)22(4)17(25)21(13)3/h8,11-12H,5-7,9-10H2,1-4H3/t12-,18-/m0/s1. The van der Waals surface area contributed by atoms with Crippen LogP contribution < -0.4 is 16.1 Å². The lowest BCUT2D eigenvalue weighted by Gasteiger charge is -2.25. The zero-order chi connectivity index (χ0) is 18.6. The van der Waals surface area contributed by atoms with Crippen molar-refractivity contribution in [2.75, 3.05) is 18.0 Å². The summed E-state index contributed by atoms with van der Waals surface area (Å²) in [6.45, 7) is 5.58. The van der Waals surface area contributed by atoms with Crippen LogP contribution in [0.15, 0.2) is 20.2 Å². The van der Waals surface area contributed by atoms with Crippen LogP contribution >= 0.6 is 0 Å². The first-order valence-corrected chi connectivity index (χ1v) is 9.19. The molecule has 2 atom stereocenters. The van der Waals surface area contributed by atoms with Gasteiger partial charge in [0.25, 0.3) is 5.56 Å². The number of hydrogen-bond acceptors (Lipinski definition) is 6. The van der Waals surface area contributed by atoms with Gasteiger partial charge in [0.2, 0.25) is 5.89 Å². The molecule has 2 aromatic heterocycles. The fourth-order valence-electron chi connectivity index (χ4n) is 4.51. The minimum Gasteiger partial charge on any atom is -0.356 e. The number of nitrogens with zero attached hydrogens (tertiary/aromatic N) is 5. The minimum atomic E-state index is -0.307. The third kappa shape index (κ3) is 2.34. The van der Waals surface area contributed by atoms with Crippen LogP contribution in [0.3, 0.4) is 0 Å². The summed E-state index contributed by atoms with van der Waals surface area (Å²) in [5.74, 6) is 2.72. The minimum absolute atomic E-state index is 0.183. The van der Waals surface area contributed by atoms with Gasteiger partial charge in [-0.1, -0.05) is 25.4 Å². The van der Waals surface area contributed by atoms with Gasteiger partial charge in [-0.3, -0.25) is 13.9 Å². The third-order valence-corrected chi connectivity index (χ3v) is 6.08. The van der Waals surface area contributed by atoms with E-state index in [0.717, 1.165) is 36.2 Å². The van der Waals surface area contributed by atoms with Gasteiger partial charge in [0, 0.05) is 39.2 Å². The van der Waals surface area contributed by atoms with Gasteiger partial charge in [-0.15, -0.1) is 0 Å². The molecule has 2 aliphatic rings. The smallest absolute Gasteiger partial charge is 0.332 e. The molecule has 1 saturated heterocycles. The van der Waals surface area contributed by atoms with Crippen LogP contribution in [0.4, 0.5) is 5.82 Å². The van der Waals surface area contributed by atoms with E-state index in [2.05, 4.69) is 28.9 Å². The molecular formula is C18H25N5O3. The van der Waals surface area contributed by atoms with Crippen molar-refractivity contribution in [3.8, 4) is 0 Å². The van der Waals surface area contributed by atoms with Crippen molar-refractivity contribution >= 4 is 5.82 Å². The molecule has 0 radical (unpaired) electrons. The Morgan fingerprint density at radius 1 is 1.27 bits per heavy atom. The summed E-state index contributed by atoms with van der Waals surface area (Å²) >= 11 is 0. The summed E-state index contributed by atoms with van der Waals surface area (Å²) in [4.78, 5) is 31.2. The van der Waals surface area contributed by atoms with Crippen LogP contribution in [0.5, 0.6) is 0 Å². The first-order chi connectivity index (χ1) is 12.3. The van der Waals surface area contributed by atoms with Crippen molar-refractivity contribution in [3.05, 3.63) is 38.6 Å². The highest BCUT2D eigenvalue weighted by molar-refractivity contribution is 5.43. The Morgan fingerprint density at radius 2 is 2.04 bits per heavy atom. The summed E-state index contributed by atoms with van der Waals surface area (Å²) < 4.78 is 8.35. The van der Waals surface area contributed by atoms with E-state index < -0.39 is 0 Å². The average Bonchev–Trinajstić information content (AvgIpc) is 3.29. The molecule has 0 unspecified atom stereocenters. The number of anilines is 1.